The first kappa shape index (κ1) is 23.3. The van der Waals surface area contributed by atoms with Crippen molar-refractivity contribution in [3.8, 4) is 0 Å². The van der Waals surface area contributed by atoms with Gasteiger partial charge in [-0.2, -0.15) is 11.8 Å². The predicted molar refractivity (Wildman–Crippen MR) is 113 cm³/mol. The number of ether oxygens (including phenoxy) is 1. The van der Waals surface area contributed by atoms with Crippen LogP contribution in [0.25, 0.3) is 0 Å². The Morgan fingerprint density at radius 2 is 2.17 bits per heavy atom. The lowest BCUT2D eigenvalue weighted by Gasteiger charge is -2.37. The lowest BCUT2D eigenvalue weighted by molar-refractivity contribution is -0.0165. The number of nitrogens with zero attached hydrogens (tertiary/aromatic N) is 2. The van der Waals surface area contributed by atoms with Crippen LogP contribution in [0, 0.1) is 0 Å². The van der Waals surface area contributed by atoms with Crippen LogP contribution in [0.3, 0.4) is 0 Å². The highest BCUT2D eigenvalue weighted by atomic mass is 127. The summed E-state index contributed by atoms with van der Waals surface area (Å²) in [6.07, 6.45) is 4.61. The molecule has 0 aromatic carbocycles. The first-order valence-corrected chi connectivity index (χ1v) is 9.93. The van der Waals surface area contributed by atoms with E-state index in [2.05, 4.69) is 42.6 Å². The third-order valence-electron chi connectivity index (χ3n) is 3.91. The first-order valence-electron chi connectivity index (χ1n) is 8.53. The van der Waals surface area contributed by atoms with Crippen LogP contribution < -0.4 is 10.6 Å². The fourth-order valence-corrected chi connectivity index (χ4v) is 3.14. The Bertz CT molecular complexity index is 320. The van der Waals surface area contributed by atoms with Gasteiger partial charge in [-0.25, -0.2) is 0 Å². The molecule has 2 atom stereocenters. The second kappa shape index (κ2) is 14.6. The largest absolute Gasteiger partial charge is 0.379 e. The Morgan fingerprint density at radius 3 is 2.83 bits per heavy atom. The van der Waals surface area contributed by atoms with Crippen molar-refractivity contribution in [3.63, 3.8) is 0 Å². The van der Waals surface area contributed by atoms with E-state index in [0.29, 0.717) is 12.1 Å². The van der Waals surface area contributed by atoms with Crippen molar-refractivity contribution in [1.82, 2.24) is 15.5 Å². The minimum absolute atomic E-state index is 0. The maximum atomic E-state index is 5.51. The maximum Gasteiger partial charge on any atom is 0.191 e. The lowest BCUT2D eigenvalue weighted by atomic mass is 10.2. The van der Waals surface area contributed by atoms with E-state index in [0.717, 1.165) is 45.4 Å². The molecule has 23 heavy (non-hydrogen) atoms. The molecule has 1 heterocycles. The van der Waals surface area contributed by atoms with Crippen LogP contribution in [0.5, 0.6) is 0 Å². The molecule has 0 bridgehead atoms. The van der Waals surface area contributed by atoms with Crippen molar-refractivity contribution in [3.05, 3.63) is 0 Å². The van der Waals surface area contributed by atoms with Gasteiger partial charge in [0, 0.05) is 31.7 Å². The third kappa shape index (κ3) is 9.99. The van der Waals surface area contributed by atoms with Crippen molar-refractivity contribution < 1.29 is 4.74 Å². The zero-order valence-corrected chi connectivity index (χ0v) is 18.3. The molecule has 5 nitrogen and oxygen atoms in total. The number of aliphatic imine (C=N–C) groups is 1. The zero-order valence-electron chi connectivity index (χ0n) is 15.1. The van der Waals surface area contributed by atoms with E-state index in [1.165, 1.54) is 18.6 Å². The Morgan fingerprint density at radius 1 is 1.39 bits per heavy atom. The van der Waals surface area contributed by atoms with Gasteiger partial charge in [-0.15, -0.1) is 24.0 Å². The van der Waals surface area contributed by atoms with Gasteiger partial charge in [0.15, 0.2) is 5.96 Å². The van der Waals surface area contributed by atoms with Gasteiger partial charge < -0.3 is 15.4 Å². The summed E-state index contributed by atoms with van der Waals surface area (Å²) in [6.45, 7) is 12.0. The van der Waals surface area contributed by atoms with Crippen LogP contribution in [0.2, 0.25) is 0 Å². The topological polar surface area (TPSA) is 48.9 Å². The third-order valence-corrected chi connectivity index (χ3v) is 4.61. The summed E-state index contributed by atoms with van der Waals surface area (Å²) in [6, 6.07) is 0.937. The molecule has 2 unspecified atom stereocenters. The number of nitrogens with one attached hydrogen (secondary N) is 2. The molecule has 0 saturated carbocycles. The monoisotopic (exact) mass is 458 g/mol. The number of rotatable bonds is 9. The molecule has 0 aromatic rings. The fraction of sp³-hybridized carbons (Fsp3) is 0.938. The molecule has 1 saturated heterocycles. The highest BCUT2D eigenvalue weighted by molar-refractivity contribution is 14.0. The van der Waals surface area contributed by atoms with E-state index in [1.807, 2.05) is 11.8 Å². The van der Waals surface area contributed by atoms with Crippen molar-refractivity contribution in [1.29, 1.82) is 0 Å². The van der Waals surface area contributed by atoms with Gasteiger partial charge in [0.2, 0.25) is 0 Å². The molecule has 0 aliphatic carbocycles. The summed E-state index contributed by atoms with van der Waals surface area (Å²) < 4.78 is 5.51. The van der Waals surface area contributed by atoms with Crippen LogP contribution in [-0.2, 0) is 4.74 Å². The maximum absolute atomic E-state index is 5.51. The fourth-order valence-electron chi connectivity index (χ4n) is 2.64. The van der Waals surface area contributed by atoms with Crippen LogP contribution >= 0.6 is 35.7 Å². The average molecular weight is 458 g/mol. The molecule has 0 radical (unpaired) electrons. The molecule has 2 N–H and O–H groups in total. The van der Waals surface area contributed by atoms with E-state index in [4.69, 9.17) is 9.73 Å². The summed E-state index contributed by atoms with van der Waals surface area (Å²) in [5.41, 5.74) is 0. The number of guanidine groups is 1. The van der Waals surface area contributed by atoms with Crippen LogP contribution in [0.4, 0.5) is 0 Å². The number of morpholine rings is 1. The Labute approximate surface area is 163 Å². The molecular weight excluding hydrogens is 423 g/mol. The summed E-state index contributed by atoms with van der Waals surface area (Å²) in [5, 5.41) is 6.77. The Kier molecular flexibility index (Phi) is 14.8. The number of thioether (sulfide) groups is 1. The van der Waals surface area contributed by atoms with Gasteiger partial charge in [0.1, 0.15) is 0 Å². The second-order valence-electron chi connectivity index (χ2n) is 5.86. The second-order valence-corrected chi connectivity index (χ2v) is 6.84. The number of unbranched alkanes of at least 4 members (excludes halogenated alkanes) is 1. The van der Waals surface area contributed by atoms with Gasteiger partial charge in [0.25, 0.3) is 0 Å². The molecule has 7 heteroatoms. The normalized spacial score (nSPS) is 20.7. The van der Waals surface area contributed by atoms with Crippen molar-refractivity contribution >= 4 is 41.7 Å². The zero-order chi connectivity index (χ0) is 16.2. The molecule has 1 aliphatic heterocycles. The SMILES string of the molecule is CCNC(=NCC(C)N1CCOCC1C)NCCCCSC.I. The van der Waals surface area contributed by atoms with Crippen molar-refractivity contribution in [2.24, 2.45) is 4.99 Å². The number of hydrogen-bond donors (Lipinski definition) is 2. The summed E-state index contributed by atoms with van der Waals surface area (Å²) in [7, 11) is 0. The molecular formula is C16H35IN4OS. The standard InChI is InChI=1S/C16H34N4OS.HI/c1-5-17-16(18-8-6-7-11-22-4)19-12-14(2)20-9-10-21-13-15(20)3;/h14-15H,5-13H2,1-4H3,(H2,17,18,19);1H. The Hall–Kier alpha value is 0.270. The molecule has 1 aliphatic rings. The molecule has 1 rings (SSSR count). The number of halogens is 1. The molecule has 0 aromatic heterocycles. The van der Waals surface area contributed by atoms with Crippen molar-refractivity contribution in [2.45, 2.75) is 45.7 Å². The van der Waals surface area contributed by atoms with E-state index >= 15 is 0 Å². The van der Waals surface area contributed by atoms with Crippen LogP contribution in [0.15, 0.2) is 4.99 Å². The van der Waals surface area contributed by atoms with Crippen LogP contribution in [0.1, 0.15) is 33.6 Å². The van der Waals surface area contributed by atoms with Gasteiger partial charge in [0.05, 0.1) is 19.8 Å². The first-order chi connectivity index (χ1) is 10.7. The van der Waals surface area contributed by atoms with Gasteiger partial charge in [-0.1, -0.05) is 0 Å². The summed E-state index contributed by atoms with van der Waals surface area (Å²) in [5.74, 6) is 2.18. The summed E-state index contributed by atoms with van der Waals surface area (Å²) >= 11 is 1.91. The molecule has 1 fully saturated rings. The predicted octanol–water partition coefficient (Wildman–Crippen LogP) is 2.41. The molecule has 0 amide bonds. The minimum atomic E-state index is 0. The molecule has 138 valence electrons. The van der Waals surface area contributed by atoms with E-state index in [-0.39, 0.29) is 24.0 Å². The average Bonchev–Trinajstić information content (AvgIpc) is 2.52. The quantitative estimate of drug-likeness (QED) is 0.241. The minimum Gasteiger partial charge on any atom is -0.379 e. The lowest BCUT2D eigenvalue weighted by Crippen LogP contribution is -2.49. The van der Waals surface area contributed by atoms with Gasteiger partial charge in [-0.05, 0) is 45.6 Å². The number of hydrogen-bond acceptors (Lipinski definition) is 4. The Balaban J connectivity index is 0.00000484. The summed E-state index contributed by atoms with van der Waals surface area (Å²) in [4.78, 5) is 7.24. The van der Waals surface area contributed by atoms with E-state index < -0.39 is 0 Å². The van der Waals surface area contributed by atoms with E-state index in [9.17, 15) is 0 Å². The van der Waals surface area contributed by atoms with Crippen molar-refractivity contribution in [2.75, 3.05) is 51.4 Å². The van der Waals surface area contributed by atoms with E-state index in [1.54, 1.807) is 0 Å². The molecule has 0 spiro atoms. The highest BCUT2D eigenvalue weighted by Gasteiger charge is 2.23. The van der Waals surface area contributed by atoms with Crippen LogP contribution in [-0.4, -0.2) is 74.3 Å². The highest BCUT2D eigenvalue weighted by Crippen LogP contribution is 2.10. The van der Waals surface area contributed by atoms with Gasteiger partial charge >= 0.3 is 0 Å². The smallest absolute Gasteiger partial charge is 0.191 e. The van der Waals surface area contributed by atoms with Gasteiger partial charge in [-0.3, -0.25) is 9.89 Å².